The van der Waals surface area contributed by atoms with Gasteiger partial charge in [-0.2, -0.15) is 23.1 Å². The molecule has 5 N–H and O–H groups in total. The number of hydrogen-bond donors (Lipinski definition) is 5. The number of aliphatic carboxylic acids is 1. The van der Waals surface area contributed by atoms with Gasteiger partial charge in [0, 0.05) is 136 Å². The van der Waals surface area contributed by atoms with Crippen LogP contribution in [0.4, 0.5) is 42.3 Å². The SMILES string of the molecule is CN(C)c1cccc2c(S(=O)(=O)Nc3cccc(-c4cnc(NCCOCCN5CCN(Cc6ccc(-c7c[nH]c8nc(NCCC(F)(F)F)ncc78)cc6)CC5)nc4N4CCC(c5ccccc5)C4C(=O)O)c3)cccc12. The largest absolute Gasteiger partial charge is 0.480 e. The molecule has 0 aliphatic carbocycles. The summed E-state index contributed by atoms with van der Waals surface area (Å²) < 4.78 is 74.8. The summed E-state index contributed by atoms with van der Waals surface area (Å²) in [5, 5.41) is 18.9. The van der Waals surface area contributed by atoms with E-state index in [0.29, 0.717) is 72.3 Å². The van der Waals surface area contributed by atoms with E-state index in [2.05, 4.69) is 69.4 Å². The Kier molecular flexibility index (Phi) is 16.1. The van der Waals surface area contributed by atoms with Crippen molar-refractivity contribution in [2.24, 2.45) is 0 Å². The van der Waals surface area contributed by atoms with Crippen LogP contribution < -0.4 is 25.2 Å². The number of sulfonamides is 1. The second-order valence-electron chi connectivity index (χ2n) is 19.7. The number of H-pyrrole nitrogens is 1. The minimum Gasteiger partial charge on any atom is -0.480 e. The van der Waals surface area contributed by atoms with Crippen molar-refractivity contribution in [1.82, 2.24) is 34.7 Å². The molecule has 3 aromatic heterocycles. The molecule has 21 heteroatoms. The van der Waals surface area contributed by atoms with E-state index in [0.717, 1.165) is 72.4 Å². The number of nitrogens with zero attached hydrogens (tertiary/aromatic N) is 8. The Morgan fingerprint density at radius 2 is 1.49 bits per heavy atom. The summed E-state index contributed by atoms with van der Waals surface area (Å²) in [6.45, 7) is 6.67. The molecule has 2 aliphatic heterocycles. The normalized spacial score (nSPS) is 16.4. The third-order valence-corrected chi connectivity index (χ3v) is 15.8. The van der Waals surface area contributed by atoms with Crippen LogP contribution in [0.5, 0.6) is 0 Å². The number of aromatic amines is 1. The highest BCUT2D eigenvalue weighted by atomic mass is 32.2. The lowest BCUT2D eigenvalue weighted by atomic mass is 9.91. The first kappa shape index (κ1) is 53.5. The predicted molar refractivity (Wildman–Crippen MR) is 299 cm³/mol. The van der Waals surface area contributed by atoms with Crippen molar-refractivity contribution in [3.05, 3.63) is 145 Å². The third-order valence-electron chi connectivity index (χ3n) is 14.3. The van der Waals surface area contributed by atoms with Crippen LogP contribution in [0.1, 0.15) is 29.9 Å². The zero-order valence-corrected chi connectivity index (χ0v) is 44.1. The van der Waals surface area contributed by atoms with Crippen LogP contribution >= 0.6 is 0 Å². The number of carbonyl (C=O) groups is 1. The van der Waals surface area contributed by atoms with E-state index in [1.165, 1.54) is 5.56 Å². The van der Waals surface area contributed by atoms with Gasteiger partial charge in [0.05, 0.1) is 24.5 Å². The lowest BCUT2D eigenvalue weighted by Crippen LogP contribution is -2.46. The molecule has 0 saturated carbocycles. The molecule has 2 saturated heterocycles. The van der Waals surface area contributed by atoms with Crippen LogP contribution in [0.3, 0.4) is 0 Å². The maximum Gasteiger partial charge on any atom is 0.390 e. The second kappa shape index (κ2) is 23.4. The van der Waals surface area contributed by atoms with Crippen LogP contribution in [-0.4, -0.2) is 146 Å². The highest BCUT2D eigenvalue weighted by Crippen LogP contribution is 2.41. The van der Waals surface area contributed by atoms with Gasteiger partial charge in [-0.1, -0.05) is 91.0 Å². The molecule has 406 valence electrons. The zero-order chi connectivity index (χ0) is 54.4. The van der Waals surface area contributed by atoms with Gasteiger partial charge < -0.3 is 35.3 Å². The second-order valence-corrected chi connectivity index (χ2v) is 21.4. The Bertz CT molecular complexity index is 3490. The molecule has 10 rings (SSSR count). The highest BCUT2D eigenvalue weighted by Gasteiger charge is 2.42. The average molecular weight is 1080 g/mol. The van der Waals surface area contributed by atoms with Crippen molar-refractivity contribution in [2.75, 3.05) is 105 Å². The number of aromatic nitrogens is 5. The van der Waals surface area contributed by atoms with E-state index in [9.17, 15) is 31.5 Å². The summed E-state index contributed by atoms with van der Waals surface area (Å²) in [4.78, 5) is 43.2. The van der Waals surface area contributed by atoms with E-state index in [1.807, 2.05) is 84.7 Å². The highest BCUT2D eigenvalue weighted by molar-refractivity contribution is 7.93. The molecule has 5 heterocycles. The number of carboxylic acids is 1. The predicted octanol–water partition coefficient (Wildman–Crippen LogP) is 9.16. The van der Waals surface area contributed by atoms with Crippen molar-refractivity contribution in [1.29, 1.82) is 0 Å². The minimum atomic E-state index is -4.25. The Morgan fingerprint density at radius 3 is 2.26 bits per heavy atom. The molecule has 2 fully saturated rings. The number of rotatable bonds is 21. The van der Waals surface area contributed by atoms with Crippen molar-refractivity contribution in [2.45, 2.75) is 42.4 Å². The molecule has 78 heavy (non-hydrogen) atoms. The smallest absolute Gasteiger partial charge is 0.390 e. The number of carboxylic acid groups (broad SMARTS) is 1. The number of fused-ring (bicyclic) bond motifs is 2. The standard InChI is InChI=1S/C57H61F3N12O5S/c1-69(2)49-15-7-14-45-44(49)13-8-16-50(45)78(75,76)68-42-12-6-11-41(33-42)47-35-64-56(67-53(47)72-25-21-43(51(72)54(73)74)39-9-4-3-5-10-39)62-24-31-77-32-30-70-26-28-71(29-27-70)37-38-17-19-40(20-18-38)46-34-63-52-48(46)36-65-55(66-52)61-23-22-57(58,59)60/h3-20,33-36,43,51,68H,21-32,37H2,1-2H3,(H,73,74)(H,62,64,67)(H2,61,63,65,66). The van der Waals surface area contributed by atoms with Gasteiger partial charge in [-0.15, -0.1) is 0 Å². The molecular weight excluding hydrogens is 1020 g/mol. The van der Waals surface area contributed by atoms with E-state index in [-0.39, 0.29) is 23.3 Å². The fourth-order valence-electron chi connectivity index (χ4n) is 10.4. The van der Waals surface area contributed by atoms with Crippen LogP contribution in [0.2, 0.25) is 0 Å². The van der Waals surface area contributed by atoms with E-state index in [1.54, 1.807) is 48.8 Å². The van der Waals surface area contributed by atoms with Crippen LogP contribution in [-0.2, 0) is 26.1 Å². The van der Waals surface area contributed by atoms with Crippen LogP contribution in [0.25, 0.3) is 44.1 Å². The van der Waals surface area contributed by atoms with Gasteiger partial charge in [0.1, 0.15) is 17.5 Å². The van der Waals surface area contributed by atoms with E-state index < -0.39 is 34.6 Å². The first-order valence-electron chi connectivity index (χ1n) is 25.9. The molecule has 0 amide bonds. The van der Waals surface area contributed by atoms with Gasteiger partial charge in [-0.05, 0) is 52.9 Å². The van der Waals surface area contributed by atoms with Gasteiger partial charge in [0.15, 0.2) is 0 Å². The molecule has 5 aromatic carbocycles. The van der Waals surface area contributed by atoms with Gasteiger partial charge in [-0.25, -0.2) is 23.2 Å². The molecule has 2 atom stereocenters. The summed E-state index contributed by atoms with van der Waals surface area (Å²) in [7, 11) is -0.228. The van der Waals surface area contributed by atoms with Crippen molar-refractivity contribution in [3.63, 3.8) is 0 Å². The minimum absolute atomic E-state index is 0.141. The Labute approximate surface area is 450 Å². The summed E-state index contributed by atoms with van der Waals surface area (Å²) in [5.74, 6) is -0.406. The molecular formula is C57H61F3N12O5S. The van der Waals surface area contributed by atoms with Gasteiger partial charge in [0.2, 0.25) is 11.9 Å². The number of piperazine rings is 1. The number of benzene rings is 5. The molecule has 2 unspecified atom stereocenters. The fourth-order valence-corrected chi connectivity index (χ4v) is 11.7. The number of halogens is 3. The third kappa shape index (κ3) is 12.4. The number of ether oxygens (including phenoxy) is 1. The Balaban J connectivity index is 0.742. The molecule has 8 aromatic rings. The number of nitrogens with one attached hydrogen (secondary N) is 4. The number of hydrogen-bond acceptors (Lipinski definition) is 14. The molecule has 2 aliphatic rings. The van der Waals surface area contributed by atoms with Crippen LogP contribution in [0, 0.1) is 0 Å². The summed E-state index contributed by atoms with van der Waals surface area (Å²) in [6, 6.07) is 34.9. The van der Waals surface area contributed by atoms with Gasteiger partial charge in [0.25, 0.3) is 10.0 Å². The summed E-state index contributed by atoms with van der Waals surface area (Å²) >= 11 is 0. The first-order chi connectivity index (χ1) is 37.7. The Morgan fingerprint density at radius 1 is 0.769 bits per heavy atom. The van der Waals surface area contributed by atoms with Gasteiger partial charge >= 0.3 is 12.1 Å². The molecule has 0 bridgehead atoms. The first-order valence-corrected chi connectivity index (χ1v) is 27.4. The number of alkyl halides is 3. The van der Waals surface area contributed by atoms with Crippen molar-refractivity contribution in [3.8, 4) is 22.3 Å². The fraction of sp³-hybridized carbons (Fsp3) is 0.316. The molecule has 0 spiro atoms. The maximum atomic E-state index is 14.1. The quantitative estimate of drug-likeness (QED) is 0.0427. The van der Waals surface area contributed by atoms with Crippen molar-refractivity contribution >= 4 is 66.9 Å². The average Bonchev–Trinajstić information content (AvgIpc) is 4.16. The topological polar surface area (TPSA) is 197 Å². The molecule has 17 nitrogen and oxygen atoms in total. The Hall–Kier alpha value is -7.85. The lowest BCUT2D eigenvalue weighted by molar-refractivity contribution is -0.138. The monoisotopic (exact) mass is 1080 g/mol. The lowest BCUT2D eigenvalue weighted by Gasteiger charge is -2.34. The van der Waals surface area contributed by atoms with Crippen molar-refractivity contribution < 1.29 is 36.2 Å². The maximum absolute atomic E-state index is 14.1. The summed E-state index contributed by atoms with van der Waals surface area (Å²) in [5.41, 5.74) is 6.93. The van der Waals surface area contributed by atoms with Crippen LogP contribution in [0.15, 0.2) is 139 Å². The summed E-state index contributed by atoms with van der Waals surface area (Å²) in [6.07, 6.45) is 0.473. The zero-order valence-electron chi connectivity index (χ0n) is 43.2. The van der Waals surface area contributed by atoms with Gasteiger partial charge in [-0.3, -0.25) is 14.5 Å². The van der Waals surface area contributed by atoms with E-state index in [4.69, 9.17) is 9.72 Å². The molecule has 0 radical (unpaired) electrons. The van der Waals surface area contributed by atoms with E-state index >= 15 is 0 Å². The number of anilines is 5.